The molecule has 2 unspecified atom stereocenters. The maximum atomic E-state index is 11.7. The molecule has 0 aromatic rings. The van der Waals surface area contributed by atoms with Gasteiger partial charge in [-0.25, -0.2) is 0 Å². The second-order valence-electron chi connectivity index (χ2n) is 7.72. The zero-order valence-electron chi connectivity index (χ0n) is 17.6. The fourth-order valence-electron chi connectivity index (χ4n) is 4.99. The predicted molar refractivity (Wildman–Crippen MR) is 109 cm³/mol. The molecule has 1 rings (SSSR count). The van der Waals surface area contributed by atoms with Crippen LogP contribution in [0, 0.1) is 0 Å². The van der Waals surface area contributed by atoms with Crippen molar-refractivity contribution in [2.45, 2.75) is 102 Å². The average Bonchev–Trinajstić information content (AvgIpc) is 2.52. The van der Waals surface area contributed by atoms with E-state index in [9.17, 15) is 9.59 Å². The molecule has 0 aliphatic carbocycles. The maximum absolute atomic E-state index is 11.7. The molecule has 0 spiro atoms. The summed E-state index contributed by atoms with van der Waals surface area (Å²) in [4.78, 5) is 23.4. The minimum atomic E-state index is -2.93. The van der Waals surface area contributed by atoms with Crippen LogP contribution in [-0.4, -0.2) is 53.6 Å². The van der Waals surface area contributed by atoms with Crippen LogP contribution in [0.2, 0.25) is 22.2 Å². The molecule has 0 aromatic heterocycles. The van der Waals surface area contributed by atoms with Crippen molar-refractivity contribution in [2.24, 2.45) is 0 Å². The first-order valence-electron chi connectivity index (χ1n) is 10.3. The minimum absolute atomic E-state index is 0.308. The number of carbonyl (C=O) groups is 2. The number of rotatable bonds is 10. The van der Waals surface area contributed by atoms with Crippen LogP contribution >= 0.6 is 0 Å². The van der Waals surface area contributed by atoms with Gasteiger partial charge in [-0.05, 0) is 0 Å². The molecule has 0 saturated carbocycles. The Morgan fingerprint density at radius 1 is 0.846 bits per heavy atom. The van der Waals surface area contributed by atoms with Crippen molar-refractivity contribution in [3.05, 3.63) is 0 Å². The first-order valence-corrected chi connectivity index (χ1v) is 32.6. The second kappa shape index (κ2) is 11.5. The Labute approximate surface area is 164 Å². The molecule has 5 nitrogen and oxygen atoms in total. The van der Waals surface area contributed by atoms with E-state index in [2.05, 4.69) is 27.7 Å². The van der Waals surface area contributed by atoms with Crippen molar-refractivity contribution in [1.82, 2.24) is 0 Å². The molecule has 7 heteroatoms. The molecule has 2 atom stereocenters. The summed E-state index contributed by atoms with van der Waals surface area (Å²) in [5.41, 5.74) is 0. The second-order valence-corrected chi connectivity index (χ2v) is 66.0. The van der Waals surface area contributed by atoms with Gasteiger partial charge < -0.3 is 0 Å². The molecule has 1 fully saturated rings. The molecule has 0 bridgehead atoms. The standard InChI is InChI=1S/C7H10O5.4C3H7.2Sn/c1-4(11-5(2)8)7(10)12-6(3)9;4*1-3-2;;/h4,7H,1H2,2-3H3;4*1,3H2,2H3;;/q-1;;;;;;+1. The molecule has 1 saturated heterocycles. The van der Waals surface area contributed by atoms with Gasteiger partial charge in [-0.3, -0.25) is 0 Å². The summed E-state index contributed by atoms with van der Waals surface area (Å²) in [5, 5.41) is 0. The van der Waals surface area contributed by atoms with Crippen molar-refractivity contribution in [3.8, 4) is 0 Å². The molecule has 0 N–H and O–H groups in total. The van der Waals surface area contributed by atoms with Crippen molar-refractivity contribution in [1.29, 1.82) is 0 Å². The van der Waals surface area contributed by atoms with E-state index in [1.54, 1.807) is 0 Å². The topological polar surface area (TPSA) is 61.8 Å². The van der Waals surface area contributed by atoms with Gasteiger partial charge in [-0.2, -0.15) is 0 Å². The van der Waals surface area contributed by atoms with Gasteiger partial charge in [0.2, 0.25) is 0 Å². The number of carbonyl (C=O) groups excluding carboxylic acids is 2. The van der Waals surface area contributed by atoms with Crippen LogP contribution in [0.5, 0.6) is 0 Å². The summed E-state index contributed by atoms with van der Waals surface area (Å²) in [6.07, 6.45) is 3.60. The molecule has 152 valence electrons. The van der Waals surface area contributed by atoms with E-state index in [1.807, 2.05) is 0 Å². The van der Waals surface area contributed by atoms with Crippen LogP contribution in [0.25, 0.3) is 0 Å². The van der Waals surface area contributed by atoms with Gasteiger partial charge in [-0.1, -0.05) is 0 Å². The Morgan fingerprint density at radius 3 is 1.69 bits per heavy atom. The fourth-order valence-corrected chi connectivity index (χ4v) is 105. The van der Waals surface area contributed by atoms with Gasteiger partial charge in [0.25, 0.3) is 0 Å². The quantitative estimate of drug-likeness (QED) is 0.269. The zero-order valence-corrected chi connectivity index (χ0v) is 23.3. The number of hydrogen-bond acceptors (Lipinski definition) is 5. The summed E-state index contributed by atoms with van der Waals surface area (Å²) in [6.45, 7) is 11.9. The Kier molecular flexibility index (Phi) is 10.8. The molecule has 0 amide bonds. The van der Waals surface area contributed by atoms with Crippen LogP contribution in [0.4, 0.5) is 0 Å². The summed E-state index contributed by atoms with van der Waals surface area (Å²) < 4.78 is 24.2. The van der Waals surface area contributed by atoms with Crippen LogP contribution in [-0.2, 0) is 22.1 Å². The van der Waals surface area contributed by atoms with Crippen molar-refractivity contribution in [2.75, 3.05) is 0 Å². The van der Waals surface area contributed by atoms with Gasteiger partial charge >= 0.3 is 165 Å². The van der Waals surface area contributed by atoms with E-state index in [0.717, 1.165) is 17.3 Å². The summed E-state index contributed by atoms with van der Waals surface area (Å²) >= 11 is -5.59. The first kappa shape index (κ1) is 24.5. The van der Waals surface area contributed by atoms with E-state index in [-0.39, 0.29) is 11.9 Å². The molecule has 1 aliphatic heterocycles. The molecule has 1 heterocycles. The zero-order chi connectivity index (χ0) is 19.8. The van der Waals surface area contributed by atoms with Crippen molar-refractivity contribution >= 4 is 41.2 Å². The van der Waals surface area contributed by atoms with Crippen molar-refractivity contribution < 1.29 is 22.1 Å². The van der Waals surface area contributed by atoms with E-state index in [0.29, 0.717) is 0 Å². The van der Waals surface area contributed by atoms with E-state index < -0.39 is 41.7 Å². The number of ether oxygens (including phenoxy) is 2. The third-order valence-corrected chi connectivity index (χ3v) is 94.5. The van der Waals surface area contributed by atoms with Gasteiger partial charge in [-0.15, -0.1) is 0 Å². The van der Waals surface area contributed by atoms with Gasteiger partial charge in [0.15, 0.2) is 0 Å². The molecule has 26 heavy (non-hydrogen) atoms. The molecule has 0 radical (unpaired) electrons. The van der Waals surface area contributed by atoms with Crippen molar-refractivity contribution in [3.63, 3.8) is 0 Å². The van der Waals surface area contributed by atoms with Gasteiger partial charge in [0.1, 0.15) is 0 Å². The molecule has 0 aromatic carbocycles. The Bertz CT molecular complexity index is 415. The predicted octanol–water partition coefficient (Wildman–Crippen LogP) is 4.95. The third-order valence-electron chi connectivity index (χ3n) is 5.57. The van der Waals surface area contributed by atoms with Crippen LogP contribution in [0.15, 0.2) is 0 Å². The third kappa shape index (κ3) is 6.00. The first-order chi connectivity index (χ1) is 12.3. The van der Waals surface area contributed by atoms with E-state index in [4.69, 9.17) is 12.5 Å². The Hall–Kier alpha value is 0.497. The number of esters is 2. The van der Waals surface area contributed by atoms with Crippen LogP contribution < -0.4 is 0 Å². The molecule has 1 aliphatic rings. The molecular weight excluding hydrogens is 546 g/mol. The summed E-state index contributed by atoms with van der Waals surface area (Å²) in [6, 6.07) is 0. The van der Waals surface area contributed by atoms with E-state index in [1.165, 1.54) is 44.4 Å². The van der Waals surface area contributed by atoms with Crippen LogP contribution in [0.1, 0.15) is 67.2 Å². The normalized spacial score (nSPS) is 24.1. The van der Waals surface area contributed by atoms with Gasteiger partial charge in [0, 0.05) is 0 Å². The average molecular weight is 584 g/mol. The Morgan fingerprint density at radius 2 is 1.31 bits per heavy atom. The van der Waals surface area contributed by atoms with Crippen LogP contribution in [0.3, 0.4) is 0 Å². The van der Waals surface area contributed by atoms with Gasteiger partial charge in [0.05, 0.1) is 0 Å². The number of hydrogen-bond donors (Lipinski definition) is 0. The molecular formula is C19H38O5Sn2. The summed E-state index contributed by atoms with van der Waals surface area (Å²) in [7, 11) is 0. The Balaban J connectivity index is 3.39. The SMILES string of the molecule is CC[CH2][Sn]1([CH2]CC)[CH2]C(OC(C)=O)C(OC(C)=O)[O][Sn]1([CH2]CC)[CH2]CC. The summed E-state index contributed by atoms with van der Waals surface area (Å²) in [5.74, 6) is -0.661. The fraction of sp³-hybridized carbons (Fsp3) is 0.895. The van der Waals surface area contributed by atoms with E-state index >= 15 is 0 Å². The monoisotopic (exact) mass is 586 g/mol.